The smallest absolute Gasteiger partial charge is 0.226 e. The summed E-state index contributed by atoms with van der Waals surface area (Å²) in [5.74, 6) is 0.00579. The van der Waals surface area contributed by atoms with Gasteiger partial charge in [0.15, 0.2) is 0 Å². The van der Waals surface area contributed by atoms with Crippen LogP contribution in [0.4, 0.5) is 5.69 Å². The van der Waals surface area contributed by atoms with Crippen molar-refractivity contribution in [2.45, 2.75) is 33.2 Å². The first-order valence-electron chi connectivity index (χ1n) is 6.43. The Kier molecular flexibility index (Phi) is 4.00. The monoisotopic (exact) mass is 257 g/mol. The number of benzene rings is 1. The number of nitrogens with zero attached hydrogens (tertiary/aromatic N) is 2. The average molecular weight is 257 g/mol. The Labute approximate surface area is 113 Å². The van der Waals surface area contributed by atoms with Gasteiger partial charge in [-0.1, -0.05) is 12.1 Å². The molecule has 0 aliphatic carbocycles. The molecule has 0 unspecified atom stereocenters. The van der Waals surface area contributed by atoms with Crippen molar-refractivity contribution in [2.75, 3.05) is 5.32 Å². The van der Waals surface area contributed by atoms with E-state index in [1.165, 1.54) is 0 Å². The summed E-state index contributed by atoms with van der Waals surface area (Å²) in [7, 11) is 0. The maximum Gasteiger partial charge on any atom is 0.226 e. The molecular formula is C15H19N3O. The van der Waals surface area contributed by atoms with Gasteiger partial charge in [-0.25, -0.2) is 0 Å². The molecule has 1 aromatic carbocycles. The molecule has 0 radical (unpaired) electrons. The highest BCUT2D eigenvalue weighted by atomic mass is 16.1. The number of aryl methyl sites for hydroxylation is 2. The van der Waals surface area contributed by atoms with Crippen molar-refractivity contribution in [3.05, 3.63) is 47.8 Å². The van der Waals surface area contributed by atoms with Gasteiger partial charge in [-0.2, -0.15) is 5.10 Å². The van der Waals surface area contributed by atoms with Crippen LogP contribution < -0.4 is 5.32 Å². The van der Waals surface area contributed by atoms with Crippen molar-refractivity contribution in [1.29, 1.82) is 0 Å². The lowest BCUT2D eigenvalue weighted by molar-refractivity contribution is -0.116. The van der Waals surface area contributed by atoms with Crippen molar-refractivity contribution in [2.24, 2.45) is 0 Å². The summed E-state index contributed by atoms with van der Waals surface area (Å²) in [6.07, 6.45) is 2.31. The number of carbonyl (C=O) groups excluding carboxylic acids is 1. The van der Waals surface area contributed by atoms with Crippen LogP contribution in [0.25, 0.3) is 0 Å². The number of anilines is 1. The fourth-order valence-corrected chi connectivity index (χ4v) is 1.98. The number of hydrogen-bond donors (Lipinski definition) is 1. The van der Waals surface area contributed by atoms with Gasteiger partial charge in [0.05, 0.1) is 11.7 Å². The molecule has 0 aliphatic heterocycles. The van der Waals surface area contributed by atoms with Crippen LogP contribution in [-0.4, -0.2) is 15.7 Å². The summed E-state index contributed by atoms with van der Waals surface area (Å²) in [5, 5.41) is 7.23. The summed E-state index contributed by atoms with van der Waals surface area (Å²) < 4.78 is 1.82. The molecule has 100 valence electrons. The summed E-state index contributed by atoms with van der Waals surface area (Å²) >= 11 is 0. The minimum atomic E-state index is 0.00579. The normalized spacial score (nSPS) is 12.2. The zero-order valence-electron chi connectivity index (χ0n) is 11.6. The van der Waals surface area contributed by atoms with E-state index in [0.717, 1.165) is 16.9 Å². The van der Waals surface area contributed by atoms with Crippen LogP contribution in [0.1, 0.15) is 30.6 Å². The summed E-state index contributed by atoms with van der Waals surface area (Å²) in [6.45, 7) is 5.93. The van der Waals surface area contributed by atoms with E-state index in [2.05, 4.69) is 10.4 Å². The molecule has 0 saturated heterocycles. The predicted octanol–water partition coefficient (Wildman–Crippen LogP) is 3.09. The SMILES string of the molecule is Cc1cccc(NC(=O)C[C@H](C)n2ccc(C)n2)c1. The molecule has 0 spiro atoms. The molecule has 1 N–H and O–H groups in total. The average Bonchev–Trinajstić information content (AvgIpc) is 2.75. The number of carbonyl (C=O) groups is 1. The Bertz CT molecular complexity index is 574. The first kappa shape index (κ1) is 13.3. The molecular weight excluding hydrogens is 238 g/mol. The number of nitrogens with one attached hydrogen (secondary N) is 1. The number of hydrogen-bond acceptors (Lipinski definition) is 2. The maximum atomic E-state index is 12.0. The van der Waals surface area contributed by atoms with E-state index >= 15 is 0 Å². The van der Waals surface area contributed by atoms with E-state index in [1.807, 2.05) is 62.0 Å². The lowest BCUT2D eigenvalue weighted by Crippen LogP contribution is -2.18. The molecule has 4 nitrogen and oxygen atoms in total. The molecule has 0 fully saturated rings. The second-order valence-corrected chi connectivity index (χ2v) is 4.91. The highest BCUT2D eigenvalue weighted by molar-refractivity contribution is 5.91. The fraction of sp³-hybridized carbons (Fsp3) is 0.333. The Morgan fingerprint density at radius 3 is 2.79 bits per heavy atom. The van der Waals surface area contributed by atoms with Gasteiger partial charge in [0, 0.05) is 18.3 Å². The lowest BCUT2D eigenvalue weighted by Gasteiger charge is -2.12. The molecule has 1 aromatic heterocycles. The van der Waals surface area contributed by atoms with E-state index < -0.39 is 0 Å². The predicted molar refractivity (Wildman–Crippen MR) is 76.1 cm³/mol. The quantitative estimate of drug-likeness (QED) is 0.915. The third-order valence-electron chi connectivity index (χ3n) is 2.98. The van der Waals surface area contributed by atoms with Crippen LogP contribution in [-0.2, 0) is 4.79 Å². The van der Waals surface area contributed by atoms with Gasteiger partial charge in [-0.05, 0) is 44.5 Å². The highest BCUT2D eigenvalue weighted by Crippen LogP contribution is 2.14. The zero-order valence-corrected chi connectivity index (χ0v) is 11.6. The van der Waals surface area contributed by atoms with Gasteiger partial charge in [-0.15, -0.1) is 0 Å². The molecule has 2 rings (SSSR count). The Balaban J connectivity index is 1.94. The lowest BCUT2D eigenvalue weighted by atomic mass is 10.2. The van der Waals surface area contributed by atoms with E-state index in [0.29, 0.717) is 6.42 Å². The maximum absolute atomic E-state index is 12.0. The fourth-order valence-electron chi connectivity index (χ4n) is 1.98. The van der Waals surface area contributed by atoms with Gasteiger partial charge in [0.25, 0.3) is 0 Å². The highest BCUT2D eigenvalue weighted by Gasteiger charge is 2.11. The minimum Gasteiger partial charge on any atom is -0.326 e. The molecule has 0 bridgehead atoms. The third-order valence-corrected chi connectivity index (χ3v) is 2.98. The molecule has 4 heteroatoms. The van der Waals surface area contributed by atoms with Crippen molar-refractivity contribution < 1.29 is 4.79 Å². The second-order valence-electron chi connectivity index (χ2n) is 4.91. The van der Waals surface area contributed by atoms with Crippen molar-refractivity contribution in [3.8, 4) is 0 Å². The summed E-state index contributed by atoms with van der Waals surface area (Å²) in [4.78, 5) is 12.0. The second kappa shape index (κ2) is 5.69. The standard InChI is InChI=1S/C15H19N3O/c1-11-5-4-6-14(9-11)16-15(19)10-13(3)18-8-7-12(2)17-18/h4-9,13H,10H2,1-3H3,(H,16,19)/t13-/m0/s1. The third kappa shape index (κ3) is 3.68. The number of aromatic nitrogens is 2. The van der Waals surface area contributed by atoms with E-state index in [-0.39, 0.29) is 11.9 Å². The van der Waals surface area contributed by atoms with E-state index in [1.54, 1.807) is 0 Å². The van der Waals surface area contributed by atoms with E-state index in [9.17, 15) is 4.79 Å². The minimum absolute atomic E-state index is 0.00579. The van der Waals surface area contributed by atoms with Gasteiger partial charge in [-0.3, -0.25) is 9.48 Å². The van der Waals surface area contributed by atoms with Gasteiger partial charge < -0.3 is 5.32 Å². The summed E-state index contributed by atoms with van der Waals surface area (Å²) in [5.41, 5.74) is 2.94. The summed E-state index contributed by atoms with van der Waals surface area (Å²) in [6, 6.07) is 9.79. The van der Waals surface area contributed by atoms with Crippen molar-refractivity contribution >= 4 is 11.6 Å². The first-order chi connectivity index (χ1) is 9.04. The van der Waals surface area contributed by atoms with E-state index in [4.69, 9.17) is 0 Å². The zero-order chi connectivity index (χ0) is 13.8. The molecule has 1 amide bonds. The van der Waals surface area contributed by atoms with Crippen LogP contribution in [0, 0.1) is 13.8 Å². The van der Waals surface area contributed by atoms with Crippen LogP contribution >= 0.6 is 0 Å². The van der Waals surface area contributed by atoms with Crippen LogP contribution in [0.15, 0.2) is 36.5 Å². The van der Waals surface area contributed by atoms with Crippen LogP contribution in [0.2, 0.25) is 0 Å². The van der Waals surface area contributed by atoms with Gasteiger partial charge >= 0.3 is 0 Å². The number of rotatable bonds is 4. The molecule has 0 aliphatic rings. The number of amides is 1. The van der Waals surface area contributed by atoms with Crippen LogP contribution in [0.5, 0.6) is 0 Å². The van der Waals surface area contributed by atoms with Gasteiger partial charge in [0.2, 0.25) is 5.91 Å². The Morgan fingerprint density at radius 2 is 2.16 bits per heavy atom. The molecule has 0 saturated carbocycles. The first-order valence-corrected chi connectivity index (χ1v) is 6.43. The Morgan fingerprint density at radius 1 is 1.37 bits per heavy atom. The molecule has 19 heavy (non-hydrogen) atoms. The Hall–Kier alpha value is -2.10. The molecule has 2 aromatic rings. The topological polar surface area (TPSA) is 46.9 Å². The molecule has 1 atom stereocenters. The van der Waals surface area contributed by atoms with Crippen molar-refractivity contribution in [1.82, 2.24) is 9.78 Å². The van der Waals surface area contributed by atoms with Crippen LogP contribution in [0.3, 0.4) is 0 Å². The largest absolute Gasteiger partial charge is 0.326 e. The van der Waals surface area contributed by atoms with Gasteiger partial charge in [0.1, 0.15) is 0 Å². The molecule has 1 heterocycles. The van der Waals surface area contributed by atoms with Crippen molar-refractivity contribution in [3.63, 3.8) is 0 Å².